The third-order valence-electron chi connectivity index (χ3n) is 5.19. The fourth-order valence-electron chi connectivity index (χ4n) is 3.76. The second kappa shape index (κ2) is 7.12. The molecule has 25 heavy (non-hydrogen) atoms. The number of hydrogen-bond acceptors (Lipinski definition) is 5. The summed E-state index contributed by atoms with van der Waals surface area (Å²) in [5.74, 6) is 2.09. The summed E-state index contributed by atoms with van der Waals surface area (Å²) in [7, 11) is 0. The second-order valence-electron chi connectivity index (χ2n) is 7.17. The van der Waals surface area contributed by atoms with Crippen LogP contribution in [0.3, 0.4) is 0 Å². The highest BCUT2D eigenvalue weighted by atomic mass is 16.5. The molecule has 0 bridgehead atoms. The molecule has 0 aromatic heterocycles. The minimum absolute atomic E-state index is 0.0604. The molecule has 2 atom stereocenters. The van der Waals surface area contributed by atoms with Crippen LogP contribution in [0.15, 0.2) is 18.2 Å². The number of carbonyl (C=O) groups excluding carboxylic acids is 1. The van der Waals surface area contributed by atoms with E-state index >= 15 is 0 Å². The Balaban J connectivity index is 1.34. The largest absolute Gasteiger partial charge is 0.488 e. The molecule has 2 saturated heterocycles. The number of carbonyl (C=O) groups is 1. The number of hydrogen-bond donors (Lipinski definition) is 1. The van der Waals surface area contributed by atoms with Crippen molar-refractivity contribution in [3.63, 3.8) is 0 Å². The number of nitrogens with one attached hydrogen (secondary N) is 1. The first-order valence-electron chi connectivity index (χ1n) is 9.27. The quantitative estimate of drug-likeness (QED) is 0.910. The number of benzene rings is 1. The summed E-state index contributed by atoms with van der Waals surface area (Å²) >= 11 is 0. The molecule has 136 valence electrons. The zero-order valence-corrected chi connectivity index (χ0v) is 14.7. The molecule has 2 unspecified atom stereocenters. The molecule has 1 N–H and O–H groups in total. The van der Waals surface area contributed by atoms with Crippen molar-refractivity contribution < 1.29 is 19.0 Å². The molecule has 6 heteroatoms. The van der Waals surface area contributed by atoms with E-state index in [1.54, 1.807) is 0 Å². The predicted molar refractivity (Wildman–Crippen MR) is 94.2 cm³/mol. The Bertz CT molecular complexity index is 630. The van der Waals surface area contributed by atoms with E-state index in [-0.39, 0.29) is 24.0 Å². The zero-order valence-electron chi connectivity index (χ0n) is 14.7. The van der Waals surface area contributed by atoms with Crippen LogP contribution < -0.4 is 14.8 Å². The van der Waals surface area contributed by atoms with Crippen LogP contribution in [0.25, 0.3) is 0 Å². The summed E-state index contributed by atoms with van der Waals surface area (Å²) in [5, 5.41) is 3.37. The van der Waals surface area contributed by atoms with E-state index < -0.39 is 0 Å². The molecule has 2 fully saturated rings. The van der Waals surface area contributed by atoms with E-state index in [1.165, 1.54) is 0 Å². The Hall–Kier alpha value is -1.95. The summed E-state index contributed by atoms with van der Waals surface area (Å²) in [5.41, 5.74) is 0.976. The van der Waals surface area contributed by atoms with Crippen LogP contribution in [0, 0.1) is 5.92 Å². The third-order valence-corrected chi connectivity index (χ3v) is 5.19. The fraction of sp³-hybridized carbons (Fsp3) is 0.632. The van der Waals surface area contributed by atoms with E-state index in [9.17, 15) is 4.79 Å². The Kier molecular flexibility index (Phi) is 4.70. The standard InChI is InChI=1S/C19H26N2O4/c1-13-11-20-17-10-15(2-3-18(17)24-13)25-16-4-7-21(12-16)19(22)14-5-8-23-9-6-14/h2-3,10,13-14,16,20H,4-9,11-12H2,1H3. The number of anilines is 1. The van der Waals surface area contributed by atoms with Crippen LogP contribution in [0.4, 0.5) is 5.69 Å². The van der Waals surface area contributed by atoms with Gasteiger partial charge < -0.3 is 24.4 Å². The van der Waals surface area contributed by atoms with Crippen molar-refractivity contribution >= 4 is 11.6 Å². The van der Waals surface area contributed by atoms with Gasteiger partial charge in [0.2, 0.25) is 5.91 Å². The number of likely N-dealkylation sites (tertiary alicyclic amines) is 1. The van der Waals surface area contributed by atoms with Gasteiger partial charge in [-0.1, -0.05) is 0 Å². The molecule has 0 radical (unpaired) electrons. The highest BCUT2D eigenvalue weighted by Gasteiger charge is 2.32. The number of amides is 1. The van der Waals surface area contributed by atoms with Crippen molar-refractivity contribution in [2.24, 2.45) is 5.92 Å². The maximum atomic E-state index is 12.6. The Morgan fingerprint density at radius 3 is 2.96 bits per heavy atom. The molecular weight excluding hydrogens is 320 g/mol. The first-order valence-corrected chi connectivity index (χ1v) is 9.27. The van der Waals surface area contributed by atoms with E-state index in [0.29, 0.717) is 19.8 Å². The van der Waals surface area contributed by atoms with E-state index in [4.69, 9.17) is 14.2 Å². The van der Waals surface area contributed by atoms with E-state index in [2.05, 4.69) is 5.32 Å². The van der Waals surface area contributed by atoms with Gasteiger partial charge in [-0.3, -0.25) is 4.79 Å². The van der Waals surface area contributed by atoms with Crippen LogP contribution >= 0.6 is 0 Å². The molecule has 0 spiro atoms. The number of fused-ring (bicyclic) bond motifs is 1. The van der Waals surface area contributed by atoms with E-state index in [1.807, 2.05) is 30.0 Å². The van der Waals surface area contributed by atoms with Crippen LogP contribution in [0.2, 0.25) is 0 Å². The van der Waals surface area contributed by atoms with Crippen LogP contribution in [0.1, 0.15) is 26.2 Å². The lowest BCUT2D eigenvalue weighted by atomic mass is 9.99. The molecule has 3 aliphatic rings. The first-order chi connectivity index (χ1) is 12.2. The Morgan fingerprint density at radius 1 is 1.28 bits per heavy atom. The SMILES string of the molecule is CC1CNc2cc(OC3CCN(C(=O)C4CCOCC4)C3)ccc2O1. The first kappa shape index (κ1) is 16.5. The maximum Gasteiger partial charge on any atom is 0.225 e. The van der Waals surface area contributed by atoms with Crippen molar-refractivity contribution in [1.82, 2.24) is 4.90 Å². The van der Waals surface area contributed by atoms with Gasteiger partial charge in [0.15, 0.2) is 0 Å². The second-order valence-corrected chi connectivity index (χ2v) is 7.17. The minimum Gasteiger partial charge on any atom is -0.488 e. The van der Waals surface area contributed by atoms with Crippen LogP contribution in [-0.4, -0.2) is 55.9 Å². The normalized spacial score (nSPS) is 26.5. The molecule has 1 aromatic carbocycles. The van der Waals surface area contributed by atoms with Crippen molar-refractivity contribution in [2.75, 3.05) is 38.2 Å². The summed E-state index contributed by atoms with van der Waals surface area (Å²) < 4.78 is 17.3. The summed E-state index contributed by atoms with van der Waals surface area (Å²) in [4.78, 5) is 14.6. The maximum absolute atomic E-state index is 12.6. The molecule has 3 heterocycles. The molecule has 4 rings (SSSR count). The van der Waals surface area contributed by atoms with Gasteiger partial charge in [-0.15, -0.1) is 0 Å². The topological polar surface area (TPSA) is 60.0 Å². The smallest absolute Gasteiger partial charge is 0.225 e. The van der Waals surface area contributed by atoms with Gasteiger partial charge in [0.25, 0.3) is 0 Å². The van der Waals surface area contributed by atoms with Crippen molar-refractivity contribution in [1.29, 1.82) is 0 Å². The number of nitrogens with zero attached hydrogens (tertiary/aromatic N) is 1. The number of ether oxygens (including phenoxy) is 3. The average molecular weight is 346 g/mol. The lowest BCUT2D eigenvalue weighted by molar-refractivity contribution is -0.137. The Morgan fingerprint density at radius 2 is 2.12 bits per heavy atom. The highest BCUT2D eigenvalue weighted by Crippen LogP contribution is 2.33. The molecule has 1 amide bonds. The molecular formula is C19H26N2O4. The van der Waals surface area contributed by atoms with E-state index in [0.717, 1.165) is 49.5 Å². The molecule has 1 aromatic rings. The van der Waals surface area contributed by atoms with Gasteiger partial charge in [0, 0.05) is 38.2 Å². The van der Waals surface area contributed by atoms with Gasteiger partial charge >= 0.3 is 0 Å². The summed E-state index contributed by atoms with van der Waals surface area (Å²) in [6.45, 7) is 5.70. The van der Waals surface area contributed by atoms with Gasteiger partial charge in [-0.25, -0.2) is 0 Å². The van der Waals surface area contributed by atoms with Crippen LogP contribution in [0.5, 0.6) is 11.5 Å². The van der Waals surface area contributed by atoms with Gasteiger partial charge in [0.1, 0.15) is 23.7 Å². The molecule has 3 aliphatic heterocycles. The zero-order chi connectivity index (χ0) is 17.2. The molecule has 6 nitrogen and oxygen atoms in total. The molecule has 0 saturated carbocycles. The monoisotopic (exact) mass is 346 g/mol. The lowest BCUT2D eigenvalue weighted by Gasteiger charge is -2.27. The van der Waals surface area contributed by atoms with Crippen molar-refractivity contribution in [2.45, 2.75) is 38.4 Å². The van der Waals surface area contributed by atoms with Gasteiger partial charge in [0.05, 0.1) is 18.8 Å². The summed E-state index contributed by atoms with van der Waals surface area (Å²) in [6, 6.07) is 5.89. The lowest BCUT2D eigenvalue weighted by Crippen LogP contribution is -2.38. The van der Waals surface area contributed by atoms with Crippen LogP contribution in [-0.2, 0) is 9.53 Å². The molecule has 0 aliphatic carbocycles. The van der Waals surface area contributed by atoms with Gasteiger partial charge in [-0.05, 0) is 31.9 Å². The predicted octanol–water partition coefficient (Wildman–Crippen LogP) is 2.29. The average Bonchev–Trinajstić information content (AvgIpc) is 3.10. The van der Waals surface area contributed by atoms with Crippen molar-refractivity contribution in [3.05, 3.63) is 18.2 Å². The minimum atomic E-state index is 0.0604. The Labute approximate surface area is 148 Å². The van der Waals surface area contributed by atoms with Gasteiger partial charge in [-0.2, -0.15) is 0 Å². The summed E-state index contributed by atoms with van der Waals surface area (Å²) in [6.07, 6.45) is 2.81. The fourth-order valence-corrected chi connectivity index (χ4v) is 3.76. The number of rotatable bonds is 3. The third kappa shape index (κ3) is 3.68. The van der Waals surface area contributed by atoms with Crippen molar-refractivity contribution in [3.8, 4) is 11.5 Å². The highest BCUT2D eigenvalue weighted by molar-refractivity contribution is 5.79.